The highest BCUT2D eigenvalue weighted by molar-refractivity contribution is 7.92. The first-order valence-corrected chi connectivity index (χ1v) is 13.6. The first-order valence-electron chi connectivity index (χ1n) is 12.0. The molecular formula is C23H44N4O6S. The van der Waals surface area contributed by atoms with Gasteiger partial charge in [-0.3, -0.25) is 19.3 Å². The fourth-order valence-electron chi connectivity index (χ4n) is 4.04. The number of hydrogen-bond acceptors (Lipinski definition) is 7. The third kappa shape index (κ3) is 8.20. The molecule has 2 N–H and O–H groups in total. The SMILES string of the molecule is CCCC(=O)N(C)[C@H](CS(=O)(=O)C(C)(C)CN1CCOCC1)C(=O)N(C)[C@@H](CC(C)C)C(N)=O. The molecule has 34 heavy (non-hydrogen) atoms. The normalized spacial score (nSPS) is 17.3. The summed E-state index contributed by atoms with van der Waals surface area (Å²) in [6, 6.07) is -2.15. The predicted molar refractivity (Wildman–Crippen MR) is 132 cm³/mol. The lowest BCUT2D eigenvalue weighted by atomic mass is 10.0. The highest BCUT2D eigenvalue weighted by Crippen LogP contribution is 2.23. The molecule has 0 bridgehead atoms. The van der Waals surface area contributed by atoms with E-state index in [9.17, 15) is 22.8 Å². The van der Waals surface area contributed by atoms with E-state index in [1.807, 2.05) is 25.7 Å². The van der Waals surface area contributed by atoms with Gasteiger partial charge in [-0.25, -0.2) is 8.42 Å². The summed E-state index contributed by atoms with van der Waals surface area (Å²) in [6.45, 7) is 11.6. The van der Waals surface area contributed by atoms with Crippen LogP contribution in [0.25, 0.3) is 0 Å². The van der Waals surface area contributed by atoms with Crippen molar-refractivity contribution in [1.29, 1.82) is 0 Å². The molecule has 2 atom stereocenters. The Morgan fingerprint density at radius 1 is 1.06 bits per heavy atom. The van der Waals surface area contributed by atoms with E-state index in [1.165, 1.54) is 23.9 Å². The third-order valence-corrected chi connectivity index (χ3v) is 8.94. The average molecular weight is 505 g/mol. The van der Waals surface area contributed by atoms with Crippen LogP contribution >= 0.6 is 0 Å². The molecule has 1 saturated heterocycles. The summed E-state index contributed by atoms with van der Waals surface area (Å²) >= 11 is 0. The lowest BCUT2D eigenvalue weighted by molar-refractivity contribution is -0.146. The standard InChI is InChI=1S/C23H44N4O6S/c1-8-9-20(28)25(6)19(22(30)26(7)18(21(24)29)14-17(2)3)15-34(31,32)23(4,5)16-27-10-12-33-13-11-27/h17-19H,8-16H2,1-7H3,(H2,24,29)/t18-,19+/m0/s1. The van der Waals surface area contributed by atoms with Gasteiger partial charge in [0.2, 0.25) is 17.7 Å². The number of likely N-dealkylation sites (N-methyl/N-ethyl adjacent to an activating group) is 2. The Balaban J connectivity index is 3.25. The molecule has 0 aromatic carbocycles. The van der Waals surface area contributed by atoms with E-state index in [4.69, 9.17) is 10.5 Å². The number of nitrogens with zero attached hydrogens (tertiary/aromatic N) is 3. The van der Waals surface area contributed by atoms with E-state index in [2.05, 4.69) is 0 Å². The molecule has 10 nitrogen and oxygen atoms in total. The van der Waals surface area contributed by atoms with Crippen molar-refractivity contribution in [2.75, 3.05) is 52.7 Å². The van der Waals surface area contributed by atoms with E-state index in [-0.39, 0.29) is 18.2 Å². The van der Waals surface area contributed by atoms with Crippen molar-refractivity contribution >= 4 is 27.6 Å². The molecule has 1 heterocycles. The molecule has 0 unspecified atom stereocenters. The molecule has 0 aromatic heterocycles. The molecule has 1 aliphatic heterocycles. The zero-order chi connectivity index (χ0) is 26.3. The lowest BCUT2D eigenvalue weighted by Gasteiger charge is -2.38. The summed E-state index contributed by atoms with van der Waals surface area (Å²) in [5, 5.41) is 0. The van der Waals surface area contributed by atoms with Crippen molar-refractivity contribution in [2.24, 2.45) is 11.7 Å². The summed E-state index contributed by atoms with van der Waals surface area (Å²) in [5.74, 6) is -2.05. The second-order valence-corrected chi connectivity index (χ2v) is 12.9. The molecule has 0 aliphatic carbocycles. The molecule has 198 valence electrons. The maximum atomic E-state index is 13.6. The number of morpholine rings is 1. The monoisotopic (exact) mass is 504 g/mol. The van der Waals surface area contributed by atoms with Gasteiger partial charge in [-0.15, -0.1) is 0 Å². The summed E-state index contributed by atoms with van der Waals surface area (Å²) in [5.41, 5.74) is 5.56. The van der Waals surface area contributed by atoms with Gasteiger partial charge in [-0.2, -0.15) is 0 Å². The van der Waals surface area contributed by atoms with Crippen molar-refractivity contribution in [3.05, 3.63) is 0 Å². The fourth-order valence-corrected chi connectivity index (χ4v) is 5.65. The Kier molecular flexibility index (Phi) is 11.4. The lowest BCUT2D eigenvalue weighted by Crippen LogP contribution is -2.58. The van der Waals surface area contributed by atoms with Crippen molar-refractivity contribution in [2.45, 2.75) is 70.7 Å². The summed E-state index contributed by atoms with van der Waals surface area (Å²) < 4.78 is 31.3. The number of primary amides is 1. The zero-order valence-corrected chi connectivity index (χ0v) is 22.7. The minimum atomic E-state index is -3.84. The molecule has 0 spiro atoms. The molecule has 3 amide bonds. The number of carbonyl (C=O) groups is 3. The van der Waals surface area contributed by atoms with Crippen LogP contribution in [-0.2, 0) is 29.0 Å². The van der Waals surface area contributed by atoms with Gasteiger partial charge >= 0.3 is 0 Å². The summed E-state index contributed by atoms with van der Waals surface area (Å²) in [4.78, 5) is 42.8. The molecular weight excluding hydrogens is 460 g/mol. The van der Waals surface area contributed by atoms with Gasteiger partial charge in [0.1, 0.15) is 12.1 Å². The van der Waals surface area contributed by atoms with Crippen molar-refractivity contribution in [1.82, 2.24) is 14.7 Å². The van der Waals surface area contributed by atoms with Crippen LogP contribution in [0.5, 0.6) is 0 Å². The van der Waals surface area contributed by atoms with Crippen LogP contribution in [0.1, 0.15) is 53.9 Å². The van der Waals surface area contributed by atoms with Crippen LogP contribution < -0.4 is 5.73 Å². The van der Waals surface area contributed by atoms with Crippen LogP contribution in [0.15, 0.2) is 0 Å². The predicted octanol–water partition coefficient (Wildman–Crippen LogP) is 0.498. The number of nitrogens with two attached hydrogens (primary N) is 1. The topological polar surface area (TPSA) is 130 Å². The van der Waals surface area contributed by atoms with E-state index >= 15 is 0 Å². The molecule has 1 aliphatic rings. The highest BCUT2D eigenvalue weighted by atomic mass is 32.2. The smallest absolute Gasteiger partial charge is 0.246 e. The average Bonchev–Trinajstić information content (AvgIpc) is 2.74. The fraction of sp³-hybridized carbons (Fsp3) is 0.870. The molecule has 0 radical (unpaired) electrons. The molecule has 11 heteroatoms. The van der Waals surface area contributed by atoms with Gasteiger partial charge in [0, 0.05) is 40.2 Å². The molecule has 0 aromatic rings. The van der Waals surface area contributed by atoms with Gasteiger partial charge in [-0.1, -0.05) is 20.8 Å². The summed E-state index contributed by atoms with van der Waals surface area (Å²) in [6.07, 6.45) is 1.09. The second kappa shape index (κ2) is 12.8. The molecule has 1 rings (SSSR count). The second-order valence-electron chi connectivity index (χ2n) is 10.2. The Labute approximate surface area is 205 Å². The van der Waals surface area contributed by atoms with E-state index in [0.717, 1.165) is 0 Å². The van der Waals surface area contributed by atoms with Gasteiger partial charge in [0.05, 0.1) is 23.7 Å². The van der Waals surface area contributed by atoms with E-state index in [1.54, 1.807) is 13.8 Å². The van der Waals surface area contributed by atoms with Crippen LogP contribution in [0.4, 0.5) is 0 Å². The van der Waals surface area contributed by atoms with Crippen LogP contribution in [0.3, 0.4) is 0 Å². The number of sulfone groups is 1. The van der Waals surface area contributed by atoms with Crippen molar-refractivity contribution in [3.8, 4) is 0 Å². The van der Waals surface area contributed by atoms with Crippen LogP contribution in [0, 0.1) is 5.92 Å². The maximum absolute atomic E-state index is 13.6. The molecule has 1 fully saturated rings. The number of ether oxygens (including phenoxy) is 1. The first-order chi connectivity index (χ1) is 15.6. The number of amides is 3. The van der Waals surface area contributed by atoms with E-state index in [0.29, 0.717) is 45.7 Å². The Hall–Kier alpha value is -1.72. The summed E-state index contributed by atoms with van der Waals surface area (Å²) in [7, 11) is -0.953. The molecule has 0 saturated carbocycles. The van der Waals surface area contributed by atoms with Crippen molar-refractivity contribution < 1.29 is 27.5 Å². The third-order valence-electron chi connectivity index (χ3n) is 6.38. The van der Waals surface area contributed by atoms with E-state index < -0.39 is 44.2 Å². The van der Waals surface area contributed by atoms with Gasteiger partial charge < -0.3 is 20.3 Å². The Morgan fingerprint density at radius 2 is 1.62 bits per heavy atom. The van der Waals surface area contributed by atoms with Gasteiger partial charge in [0.25, 0.3) is 0 Å². The number of carbonyl (C=O) groups excluding carboxylic acids is 3. The quantitative estimate of drug-likeness (QED) is 0.386. The maximum Gasteiger partial charge on any atom is 0.246 e. The largest absolute Gasteiger partial charge is 0.379 e. The van der Waals surface area contributed by atoms with Gasteiger partial charge in [0.15, 0.2) is 9.84 Å². The minimum Gasteiger partial charge on any atom is -0.379 e. The minimum absolute atomic E-state index is 0.0850. The van der Waals surface area contributed by atoms with Crippen molar-refractivity contribution in [3.63, 3.8) is 0 Å². The highest BCUT2D eigenvalue weighted by Gasteiger charge is 2.43. The zero-order valence-electron chi connectivity index (χ0n) is 21.9. The van der Waals surface area contributed by atoms with Crippen LogP contribution in [-0.4, -0.2) is 110 Å². The Morgan fingerprint density at radius 3 is 2.09 bits per heavy atom. The number of hydrogen-bond donors (Lipinski definition) is 1. The first kappa shape index (κ1) is 30.3. The van der Waals surface area contributed by atoms with Crippen LogP contribution in [0.2, 0.25) is 0 Å². The van der Waals surface area contributed by atoms with Gasteiger partial charge in [-0.05, 0) is 32.6 Å². The number of rotatable bonds is 13. The Bertz CT molecular complexity index is 808.